The summed E-state index contributed by atoms with van der Waals surface area (Å²) in [6.45, 7) is 0. The first-order chi connectivity index (χ1) is 7.58. The van der Waals surface area contributed by atoms with Gasteiger partial charge in [-0.15, -0.1) is 0 Å². The molecule has 0 radical (unpaired) electrons. The molecule has 0 heterocycles. The molecule has 0 aliphatic heterocycles. The number of nitrogens with two attached hydrogens (primary N) is 2. The Balaban J connectivity index is 3.02. The molecule has 0 aromatic heterocycles. The number of carbonyl (C=O) groups is 1. The van der Waals surface area contributed by atoms with Crippen LogP contribution in [-0.2, 0) is 4.79 Å². The first-order valence-electron chi connectivity index (χ1n) is 4.84. The highest BCUT2D eigenvalue weighted by Gasteiger charge is 2.15. The highest BCUT2D eigenvalue weighted by atomic mass is 16.5. The van der Waals surface area contributed by atoms with Crippen LogP contribution in [0.4, 0.5) is 0 Å². The van der Waals surface area contributed by atoms with Gasteiger partial charge in [0, 0.05) is 18.0 Å². The van der Waals surface area contributed by atoms with E-state index in [-0.39, 0.29) is 6.42 Å². The molecule has 0 bridgehead atoms. The third-order valence-corrected chi connectivity index (χ3v) is 2.26. The van der Waals surface area contributed by atoms with Gasteiger partial charge in [-0.3, -0.25) is 4.79 Å². The number of amides is 1. The van der Waals surface area contributed by atoms with Crippen LogP contribution < -0.4 is 20.9 Å². The maximum atomic E-state index is 10.8. The standard InChI is InChI=1S/C11H16N2O3/c1-15-7-3-4-10(16-2)8(5-7)9(12)6-11(13)14/h3-5,9H,6,12H2,1-2H3,(H2,13,14). The van der Waals surface area contributed by atoms with E-state index in [1.807, 2.05) is 0 Å². The van der Waals surface area contributed by atoms with E-state index in [4.69, 9.17) is 20.9 Å². The molecule has 1 rings (SSSR count). The second kappa shape index (κ2) is 5.37. The zero-order valence-electron chi connectivity index (χ0n) is 9.40. The molecule has 1 aromatic rings. The summed E-state index contributed by atoms with van der Waals surface area (Å²) in [5.74, 6) is 0.836. The summed E-state index contributed by atoms with van der Waals surface area (Å²) in [5, 5.41) is 0. The van der Waals surface area contributed by atoms with Crippen molar-refractivity contribution in [3.63, 3.8) is 0 Å². The van der Waals surface area contributed by atoms with Crippen molar-refractivity contribution in [1.82, 2.24) is 0 Å². The van der Waals surface area contributed by atoms with E-state index in [1.54, 1.807) is 32.4 Å². The molecular formula is C11H16N2O3. The van der Waals surface area contributed by atoms with Gasteiger partial charge in [-0.2, -0.15) is 0 Å². The normalized spacial score (nSPS) is 11.9. The number of benzene rings is 1. The van der Waals surface area contributed by atoms with Gasteiger partial charge in [-0.1, -0.05) is 0 Å². The zero-order valence-corrected chi connectivity index (χ0v) is 9.40. The predicted molar refractivity (Wildman–Crippen MR) is 60.3 cm³/mol. The minimum absolute atomic E-state index is 0.0729. The SMILES string of the molecule is COc1ccc(OC)c(C(N)CC(N)=O)c1. The fourth-order valence-corrected chi connectivity index (χ4v) is 1.46. The average Bonchev–Trinajstić information content (AvgIpc) is 2.27. The van der Waals surface area contributed by atoms with Crippen LogP contribution in [0.1, 0.15) is 18.0 Å². The summed E-state index contributed by atoms with van der Waals surface area (Å²) < 4.78 is 10.2. The third kappa shape index (κ3) is 2.87. The lowest BCUT2D eigenvalue weighted by Gasteiger charge is -2.15. The van der Waals surface area contributed by atoms with Gasteiger partial charge in [-0.05, 0) is 18.2 Å². The number of methoxy groups -OCH3 is 2. The zero-order chi connectivity index (χ0) is 12.1. The van der Waals surface area contributed by atoms with Gasteiger partial charge in [0.1, 0.15) is 11.5 Å². The second-order valence-corrected chi connectivity index (χ2v) is 3.38. The van der Waals surface area contributed by atoms with E-state index >= 15 is 0 Å². The van der Waals surface area contributed by atoms with Crippen molar-refractivity contribution in [3.8, 4) is 11.5 Å². The Morgan fingerprint density at radius 1 is 1.38 bits per heavy atom. The van der Waals surface area contributed by atoms with Gasteiger partial charge in [0.05, 0.1) is 14.2 Å². The molecule has 1 aromatic carbocycles. The lowest BCUT2D eigenvalue weighted by atomic mass is 10.0. The molecule has 5 heteroatoms. The highest BCUT2D eigenvalue weighted by Crippen LogP contribution is 2.29. The predicted octanol–water partition coefficient (Wildman–Crippen LogP) is 0.579. The number of rotatable bonds is 5. The van der Waals surface area contributed by atoms with E-state index in [0.29, 0.717) is 17.1 Å². The Hall–Kier alpha value is -1.75. The van der Waals surface area contributed by atoms with Crippen molar-refractivity contribution < 1.29 is 14.3 Å². The van der Waals surface area contributed by atoms with Crippen molar-refractivity contribution in [3.05, 3.63) is 23.8 Å². The summed E-state index contributed by atoms with van der Waals surface area (Å²) >= 11 is 0. The molecule has 0 spiro atoms. The summed E-state index contributed by atoms with van der Waals surface area (Å²) in [5.41, 5.74) is 11.7. The molecular weight excluding hydrogens is 208 g/mol. The largest absolute Gasteiger partial charge is 0.497 e. The van der Waals surface area contributed by atoms with Crippen LogP contribution in [0.15, 0.2) is 18.2 Å². The van der Waals surface area contributed by atoms with Gasteiger partial charge in [-0.25, -0.2) is 0 Å². The van der Waals surface area contributed by atoms with E-state index < -0.39 is 11.9 Å². The molecule has 0 saturated carbocycles. The van der Waals surface area contributed by atoms with Gasteiger partial charge < -0.3 is 20.9 Å². The summed E-state index contributed by atoms with van der Waals surface area (Å²) in [7, 11) is 3.10. The summed E-state index contributed by atoms with van der Waals surface area (Å²) in [4.78, 5) is 10.8. The highest BCUT2D eigenvalue weighted by molar-refractivity contribution is 5.74. The lowest BCUT2D eigenvalue weighted by Crippen LogP contribution is -2.21. The first-order valence-corrected chi connectivity index (χ1v) is 4.84. The minimum Gasteiger partial charge on any atom is -0.497 e. The number of hydrogen-bond donors (Lipinski definition) is 2. The molecule has 1 atom stereocenters. The van der Waals surface area contributed by atoms with Crippen LogP contribution in [0.5, 0.6) is 11.5 Å². The van der Waals surface area contributed by atoms with Gasteiger partial charge in [0.15, 0.2) is 0 Å². The van der Waals surface area contributed by atoms with Crippen molar-refractivity contribution in [2.45, 2.75) is 12.5 Å². The maximum Gasteiger partial charge on any atom is 0.219 e. The fraction of sp³-hybridized carbons (Fsp3) is 0.364. The van der Waals surface area contributed by atoms with Gasteiger partial charge >= 0.3 is 0 Å². The molecule has 1 unspecified atom stereocenters. The van der Waals surface area contributed by atoms with Crippen molar-refractivity contribution in [2.24, 2.45) is 11.5 Å². The van der Waals surface area contributed by atoms with Crippen LogP contribution in [0.3, 0.4) is 0 Å². The quantitative estimate of drug-likeness (QED) is 0.765. The van der Waals surface area contributed by atoms with Crippen LogP contribution in [0, 0.1) is 0 Å². The third-order valence-electron chi connectivity index (χ3n) is 2.26. The summed E-state index contributed by atoms with van der Waals surface area (Å²) in [6, 6.07) is 4.77. The van der Waals surface area contributed by atoms with Gasteiger partial charge in [0.2, 0.25) is 5.91 Å². The number of primary amides is 1. The molecule has 0 saturated heterocycles. The van der Waals surface area contributed by atoms with E-state index in [1.165, 1.54) is 0 Å². The average molecular weight is 224 g/mol. The monoisotopic (exact) mass is 224 g/mol. The maximum absolute atomic E-state index is 10.8. The Kier molecular flexibility index (Phi) is 4.13. The summed E-state index contributed by atoms with van der Waals surface area (Å²) in [6.07, 6.45) is 0.0729. The Labute approximate surface area is 94.3 Å². The fourth-order valence-electron chi connectivity index (χ4n) is 1.46. The number of ether oxygens (including phenoxy) is 2. The van der Waals surface area contributed by atoms with Crippen molar-refractivity contribution in [2.75, 3.05) is 14.2 Å². The van der Waals surface area contributed by atoms with Crippen LogP contribution >= 0.6 is 0 Å². The van der Waals surface area contributed by atoms with E-state index in [0.717, 1.165) is 0 Å². The van der Waals surface area contributed by atoms with Crippen LogP contribution in [-0.4, -0.2) is 20.1 Å². The Morgan fingerprint density at radius 3 is 2.56 bits per heavy atom. The van der Waals surface area contributed by atoms with Crippen molar-refractivity contribution in [1.29, 1.82) is 0 Å². The molecule has 5 nitrogen and oxygen atoms in total. The Morgan fingerprint density at radius 2 is 2.06 bits per heavy atom. The number of carbonyl (C=O) groups excluding carboxylic acids is 1. The molecule has 16 heavy (non-hydrogen) atoms. The Bertz CT molecular complexity index is 379. The van der Waals surface area contributed by atoms with Crippen molar-refractivity contribution >= 4 is 5.91 Å². The smallest absolute Gasteiger partial charge is 0.219 e. The van der Waals surface area contributed by atoms with E-state index in [9.17, 15) is 4.79 Å². The molecule has 0 aliphatic rings. The van der Waals surface area contributed by atoms with Crippen LogP contribution in [0.25, 0.3) is 0 Å². The minimum atomic E-state index is -0.484. The van der Waals surface area contributed by atoms with Gasteiger partial charge in [0.25, 0.3) is 0 Å². The molecule has 0 aliphatic carbocycles. The molecule has 1 amide bonds. The first kappa shape index (κ1) is 12.3. The second-order valence-electron chi connectivity index (χ2n) is 3.38. The van der Waals surface area contributed by atoms with E-state index in [2.05, 4.69) is 0 Å². The molecule has 88 valence electrons. The molecule has 0 fully saturated rings. The molecule has 4 N–H and O–H groups in total. The van der Waals surface area contributed by atoms with Crippen LogP contribution in [0.2, 0.25) is 0 Å². The lowest BCUT2D eigenvalue weighted by molar-refractivity contribution is -0.118. The number of hydrogen-bond acceptors (Lipinski definition) is 4. The topological polar surface area (TPSA) is 87.6 Å².